The molecule has 1 unspecified atom stereocenters. The third kappa shape index (κ3) is 3.82. The van der Waals surface area contributed by atoms with Gasteiger partial charge in [-0.2, -0.15) is 0 Å². The summed E-state index contributed by atoms with van der Waals surface area (Å²) in [6.45, 7) is 6.62. The number of nitrogens with one attached hydrogen (secondary N) is 1. The maximum atomic E-state index is 5.90. The van der Waals surface area contributed by atoms with Gasteiger partial charge in [0.25, 0.3) is 0 Å². The van der Waals surface area contributed by atoms with Crippen molar-refractivity contribution in [3.63, 3.8) is 0 Å². The van der Waals surface area contributed by atoms with Gasteiger partial charge in [0.05, 0.1) is 0 Å². The molecule has 0 amide bonds. The molecular formula is C11H13BrClN. The summed E-state index contributed by atoms with van der Waals surface area (Å²) in [4.78, 5) is 0. The zero-order valence-corrected chi connectivity index (χ0v) is 10.4. The minimum absolute atomic E-state index is 0.281. The van der Waals surface area contributed by atoms with E-state index in [1.54, 1.807) is 0 Å². The molecule has 0 aliphatic rings. The first kappa shape index (κ1) is 11.8. The van der Waals surface area contributed by atoms with Crippen LogP contribution in [-0.2, 0) is 0 Å². The molecule has 0 aromatic heterocycles. The molecular weight excluding hydrogens is 261 g/mol. The van der Waals surface area contributed by atoms with Gasteiger partial charge in [0, 0.05) is 22.1 Å². The van der Waals surface area contributed by atoms with Gasteiger partial charge in [-0.15, -0.1) is 0 Å². The van der Waals surface area contributed by atoms with Crippen LogP contribution in [0.1, 0.15) is 18.5 Å². The zero-order valence-electron chi connectivity index (χ0n) is 8.06. The molecule has 0 heterocycles. The van der Waals surface area contributed by atoms with Crippen molar-refractivity contribution in [2.45, 2.75) is 13.0 Å². The highest BCUT2D eigenvalue weighted by Gasteiger charge is 2.04. The average Bonchev–Trinajstić information content (AvgIpc) is 2.14. The first-order valence-electron chi connectivity index (χ1n) is 4.41. The molecule has 0 saturated carbocycles. The van der Waals surface area contributed by atoms with E-state index in [1.165, 1.54) is 5.56 Å². The molecule has 76 valence electrons. The summed E-state index contributed by atoms with van der Waals surface area (Å²) in [6.07, 6.45) is 0. The molecule has 1 N–H and O–H groups in total. The molecule has 1 aromatic carbocycles. The summed E-state index contributed by atoms with van der Waals surface area (Å²) in [5.74, 6) is 0. The topological polar surface area (TPSA) is 12.0 Å². The van der Waals surface area contributed by atoms with Crippen molar-refractivity contribution in [1.82, 2.24) is 5.32 Å². The van der Waals surface area contributed by atoms with E-state index in [4.69, 9.17) is 11.6 Å². The van der Waals surface area contributed by atoms with Crippen molar-refractivity contribution in [3.05, 3.63) is 45.9 Å². The normalized spacial score (nSPS) is 12.5. The van der Waals surface area contributed by atoms with Crippen molar-refractivity contribution in [2.24, 2.45) is 0 Å². The molecule has 3 heteroatoms. The maximum Gasteiger partial charge on any atom is 0.0409 e. The Bertz CT molecular complexity index is 325. The Kier molecular flexibility index (Phi) is 4.66. The number of benzene rings is 1. The Morgan fingerprint density at radius 2 is 2.36 bits per heavy atom. The lowest BCUT2D eigenvalue weighted by molar-refractivity contribution is 0.616. The molecule has 1 atom stereocenters. The van der Waals surface area contributed by atoms with Crippen LogP contribution in [0.5, 0.6) is 0 Å². The Hall–Kier alpha value is -0.310. The molecule has 1 aromatic rings. The van der Waals surface area contributed by atoms with Gasteiger partial charge >= 0.3 is 0 Å². The quantitative estimate of drug-likeness (QED) is 0.878. The van der Waals surface area contributed by atoms with Gasteiger partial charge < -0.3 is 5.32 Å². The van der Waals surface area contributed by atoms with Gasteiger partial charge in [0.2, 0.25) is 0 Å². The van der Waals surface area contributed by atoms with Crippen molar-refractivity contribution in [2.75, 3.05) is 6.54 Å². The first-order chi connectivity index (χ1) is 6.59. The molecule has 1 rings (SSSR count). The lowest BCUT2D eigenvalue weighted by Gasteiger charge is -2.13. The molecule has 0 saturated heterocycles. The Labute approximate surface area is 98.3 Å². The molecule has 1 nitrogen and oxygen atoms in total. The van der Waals surface area contributed by atoms with Crippen LogP contribution in [0.25, 0.3) is 0 Å². The largest absolute Gasteiger partial charge is 0.306 e. The van der Waals surface area contributed by atoms with Crippen molar-refractivity contribution >= 4 is 27.5 Å². The number of rotatable bonds is 4. The van der Waals surface area contributed by atoms with Gasteiger partial charge in [-0.25, -0.2) is 0 Å². The Morgan fingerprint density at radius 3 is 2.93 bits per heavy atom. The second kappa shape index (κ2) is 5.54. The minimum atomic E-state index is 0.281. The third-order valence-electron chi connectivity index (χ3n) is 1.95. The number of hydrogen-bond donors (Lipinski definition) is 1. The van der Waals surface area contributed by atoms with E-state index < -0.39 is 0 Å². The SMILES string of the molecule is C=C(Br)CNC(C)c1cccc(Cl)c1. The smallest absolute Gasteiger partial charge is 0.0409 e. The highest BCUT2D eigenvalue weighted by molar-refractivity contribution is 9.11. The molecule has 0 fully saturated rings. The fourth-order valence-corrected chi connectivity index (χ4v) is 1.52. The van der Waals surface area contributed by atoms with Crippen LogP contribution in [-0.4, -0.2) is 6.54 Å². The highest BCUT2D eigenvalue weighted by Crippen LogP contribution is 2.17. The van der Waals surface area contributed by atoms with Crippen molar-refractivity contribution in [1.29, 1.82) is 0 Å². The Balaban J connectivity index is 2.60. The fourth-order valence-electron chi connectivity index (χ4n) is 1.16. The molecule has 0 aliphatic heterocycles. The predicted molar refractivity (Wildman–Crippen MR) is 65.9 cm³/mol. The number of halogens is 2. The molecule has 0 spiro atoms. The van der Waals surface area contributed by atoms with E-state index >= 15 is 0 Å². The summed E-state index contributed by atoms with van der Waals surface area (Å²) in [5, 5.41) is 4.09. The first-order valence-corrected chi connectivity index (χ1v) is 5.59. The predicted octanol–water partition coefficient (Wildman–Crippen LogP) is 3.90. The van der Waals surface area contributed by atoms with Gasteiger partial charge in [-0.3, -0.25) is 0 Å². The van der Waals surface area contributed by atoms with Gasteiger partial charge in [-0.05, 0) is 24.6 Å². The lowest BCUT2D eigenvalue weighted by atomic mass is 10.1. The van der Waals surface area contributed by atoms with Crippen molar-refractivity contribution in [3.8, 4) is 0 Å². The molecule has 0 aliphatic carbocycles. The summed E-state index contributed by atoms with van der Waals surface area (Å²) in [7, 11) is 0. The summed E-state index contributed by atoms with van der Waals surface area (Å²) in [5.41, 5.74) is 1.19. The van der Waals surface area contributed by atoms with E-state index in [0.29, 0.717) is 0 Å². The second-order valence-corrected chi connectivity index (χ2v) is 4.73. The fraction of sp³-hybridized carbons (Fsp3) is 0.273. The second-order valence-electron chi connectivity index (χ2n) is 3.17. The summed E-state index contributed by atoms with van der Waals surface area (Å²) < 4.78 is 0.950. The van der Waals surface area contributed by atoms with E-state index in [9.17, 15) is 0 Å². The monoisotopic (exact) mass is 273 g/mol. The van der Waals surface area contributed by atoms with Crippen LogP contribution >= 0.6 is 27.5 Å². The highest BCUT2D eigenvalue weighted by atomic mass is 79.9. The van der Waals surface area contributed by atoms with Gasteiger partial charge in [0.1, 0.15) is 0 Å². The lowest BCUT2D eigenvalue weighted by Crippen LogP contribution is -2.19. The van der Waals surface area contributed by atoms with E-state index in [1.807, 2.05) is 18.2 Å². The maximum absolute atomic E-state index is 5.90. The van der Waals surface area contributed by atoms with E-state index in [2.05, 4.69) is 40.8 Å². The molecule has 0 radical (unpaired) electrons. The average molecular weight is 275 g/mol. The van der Waals surface area contributed by atoms with E-state index in [0.717, 1.165) is 16.0 Å². The van der Waals surface area contributed by atoms with Gasteiger partial charge in [-0.1, -0.05) is 46.2 Å². The van der Waals surface area contributed by atoms with E-state index in [-0.39, 0.29) is 6.04 Å². The Morgan fingerprint density at radius 1 is 1.64 bits per heavy atom. The summed E-state index contributed by atoms with van der Waals surface area (Å²) in [6, 6.07) is 8.14. The van der Waals surface area contributed by atoms with Crippen molar-refractivity contribution < 1.29 is 0 Å². The van der Waals surface area contributed by atoms with Crippen LogP contribution in [0.2, 0.25) is 5.02 Å². The minimum Gasteiger partial charge on any atom is -0.306 e. The van der Waals surface area contributed by atoms with Gasteiger partial charge in [0.15, 0.2) is 0 Å². The number of hydrogen-bond acceptors (Lipinski definition) is 1. The zero-order chi connectivity index (χ0) is 10.6. The van der Waals surface area contributed by atoms with Crippen LogP contribution in [0.4, 0.5) is 0 Å². The van der Waals surface area contributed by atoms with Crippen LogP contribution in [0.15, 0.2) is 35.3 Å². The standard InChI is InChI=1S/C11H13BrClN/c1-8(12)7-14-9(2)10-4-3-5-11(13)6-10/h3-6,9,14H,1,7H2,2H3. The van der Waals surface area contributed by atoms with Crippen LogP contribution in [0, 0.1) is 0 Å². The van der Waals surface area contributed by atoms with Crippen LogP contribution < -0.4 is 5.32 Å². The van der Waals surface area contributed by atoms with Crippen LogP contribution in [0.3, 0.4) is 0 Å². The molecule has 0 bridgehead atoms. The third-order valence-corrected chi connectivity index (χ3v) is 2.46. The summed E-state index contributed by atoms with van der Waals surface area (Å²) >= 11 is 9.20. The molecule has 14 heavy (non-hydrogen) atoms.